The number of alkyl halides is 3. The van der Waals surface area contributed by atoms with Crippen LogP contribution in [0.4, 0.5) is 27.9 Å². The number of rotatable bonds is 5. The van der Waals surface area contributed by atoms with E-state index in [2.05, 4.69) is 15.1 Å². The first-order chi connectivity index (χ1) is 18.7. The standard InChI is InChI=1S/C24H21F5N6O4S/c1-34-22-16(20(33-34)15-9-17(24(27,28)29)19(26)21(36)18(15)25)10-31-23(32-22)35-6-7-39-13(11-35)8-12-2-4-14(5-3-12)40(30,37)38/h2-5,9-10,13,36H,6-8,11H2,1H3,(H2,30,37,38)/t13-/m0/s1. The Balaban J connectivity index is 1.43. The second kappa shape index (κ2) is 9.94. The van der Waals surface area contributed by atoms with Crippen molar-refractivity contribution in [3.63, 3.8) is 0 Å². The van der Waals surface area contributed by atoms with E-state index in [1.807, 2.05) is 4.90 Å². The van der Waals surface area contributed by atoms with E-state index in [0.29, 0.717) is 26.1 Å². The van der Waals surface area contributed by atoms with E-state index < -0.39 is 44.7 Å². The van der Waals surface area contributed by atoms with Crippen molar-refractivity contribution in [1.82, 2.24) is 19.7 Å². The minimum Gasteiger partial charge on any atom is -0.503 e. The number of hydrogen-bond donors (Lipinski definition) is 2. The van der Waals surface area contributed by atoms with E-state index in [1.165, 1.54) is 30.1 Å². The van der Waals surface area contributed by atoms with Gasteiger partial charge in [0.25, 0.3) is 0 Å². The molecular weight excluding hydrogens is 563 g/mol. The molecular formula is C24H21F5N6O4S. The molecule has 1 aliphatic rings. The molecule has 0 saturated carbocycles. The van der Waals surface area contributed by atoms with Gasteiger partial charge < -0.3 is 14.7 Å². The molecule has 0 radical (unpaired) electrons. The lowest BCUT2D eigenvalue weighted by Gasteiger charge is -2.33. The third kappa shape index (κ3) is 5.16. The van der Waals surface area contributed by atoms with Crippen molar-refractivity contribution in [2.24, 2.45) is 12.2 Å². The number of primary sulfonamides is 1. The normalized spacial score (nSPS) is 16.6. The minimum absolute atomic E-state index is 0.00921. The zero-order valence-electron chi connectivity index (χ0n) is 20.7. The van der Waals surface area contributed by atoms with Crippen LogP contribution in [0.1, 0.15) is 11.1 Å². The maximum atomic E-state index is 14.7. The van der Waals surface area contributed by atoms with Gasteiger partial charge in [-0.3, -0.25) is 0 Å². The summed E-state index contributed by atoms with van der Waals surface area (Å²) in [6.07, 6.45) is -3.76. The first kappa shape index (κ1) is 27.7. The van der Waals surface area contributed by atoms with Crippen molar-refractivity contribution in [2.75, 3.05) is 24.6 Å². The second-order valence-electron chi connectivity index (χ2n) is 9.16. The average molecular weight is 585 g/mol. The molecule has 0 unspecified atom stereocenters. The lowest BCUT2D eigenvalue weighted by atomic mass is 10.0. The van der Waals surface area contributed by atoms with E-state index in [0.717, 1.165) is 5.56 Å². The maximum absolute atomic E-state index is 14.7. The molecule has 1 fully saturated rings. The summed E-state index contributed by atoms with van der Waals surface area (Å²) in [6.45, 7) is 1.12. The Kier molecular flexibility index (Phi) is 6.87. The van der Waals surface area contributed by atoms with Crippen LogP contribution in [0.15, 0.2) is 41.4 Å². The van der Waals surface area contributed by atoms with Crippen LogP contribution in [0.5, 0.6) is 5.75 Å². The van der Waals surface area contributed by atoms with Crippen LogP contribution >= 0.6 is 0 Å². The SMILES string of the molecule is Cn1nc(-c2cc(C(F)(F)F)c(F)c(O)c2F)c2cnc(N3CCO[C@@H](Cc4ccc(S(N)(=O)=O)cc4)C3)nc21. The highest BCUT2D eigenvalue weighted by Gasteiger charge is 2.38. The summed E-state index contributed by atoms with van der Waals surface area (Å²) < 4.78 is 98.6. The number of aromatic nitrogens is 4. The smallest absolute Gasteiger partial charge is 0.419 e. The molecule has 1 atom stereocenters. The number of benzene rings is 2. The van der Waals surface area contributed by atoms with Crippen LogP contribution in [-0.4, -0.2) is 59.1 Å². The number of aryl methyl sites for hydroxylation is 1. The third-order valence-corrected chi connectivity index (χ3v) is 7.37. The van der Waals surface area contributed by atoms with Crippen LogP contribution < -0.4 is 10.0 Å². The summed E-state index contributed by atoms with van der Waals surface area (Å²) in [5.41, 5.74) is -1.91. The molecule has 1 aliphatic heterocycles. The van der Waals surface area contributed by atoms with Crippen LogP contribution in [0.3, 0.4) is 0 Å². The lowest BCUT2D eigenvalue weighted by Crippen LogP contribution is -2.44. The molecule has 0 aliphatic carbocycles. The number of morpholine rings is 1. The Labute approximate surface area is 223 Å². The van der Waals surface area contributed by atoms with Crippen LogP contribution in [0, 0.1) is 11.6 Å². The number of phenolic OH excluding ortho intramolecular Hbond substituents is 1. The molecule has 10 nitrogen and oxygen atoms in total. The summed E-state index contributed by atoms with van der Waals surface area (Å²) in [7, 11) is -2.37. The minimum atomic E-state index is -5.19. The average Bonchev–Trinajstić information content (AvgIpc) is 3.22. The first-order valence-electron chi connectivity index (χ1n) is 11.7. The van der Waals surface area contributed by atoms with Crippen molar-refractivity contribution < 1.29 is 40.2 Å². The van der Waals surface area contributed by atoms with Gasteiger partial charge in [-0.25, -0.2) is 32.0 Å². The van der Waals surface area contributed by atoms with E-state index >= 15 is 0 Å². The van der Waals surface area contributed by atoms with Gasteiger partial charge in [0.15, 0.2) is 23.0 Å². The van der Waals surface area contributed by atoms with Gasteiger partial charge in [0.1, 0.15) is 5.69 Å². The number of ether oxygens (including phenoxy) is 1. The number of phenols is 1. The van der Waals surface area contributed by atoms with E-state index in [1.54, 1.807) is 12.1 Å². The third-order valence-electron chi connectivity index (χ3n) is 6.44. The number of sulfonamides is 1. The molecule has 0 amide bonds. The monoisotopic (exact) mass is 584 g/mol. The van der Waals surface area contributed by atoms with Gasteiger partial charge in [-0.05, 0) is 23.8 Å². The number of fused-ring (bicyclic) bond motifs is 1. The molecule has 2 aromatic heterocycles. The predicted octanol–water partition coefficient (Wildman–Crippen LogP) is 3.13. The Morgan fingerprint density at radius 2 is 1.88 bits per heavy atom. The van der Waals surface area contributed by atoms with Gasteiger partial charge in [0.05, 0.1) is 28.6 Å². The van der Waals surface area contributed by atoms with Crippen molar-refractivity contribution in [3.8, 4) is 17.0 Å². The largest absolute Gasteiger partial charge is 0.503 e. The summed E-state index contributed by atoms with van der Waals surface area (Å²) in [5, 5.41) is 19.0. The van der Waals surface area contributed by atoms with Gasteiger partial charge in [-0.2, -0.15) is 23.3 Å². The zero-order valence-corrected chi connectivity index (χ0v) is 21.5. The second-order valence-corrected chi connectivity index (χ2v) is 10.7. The molecule has 3 heterocycles. The van der Waals surface area contributed by atoms with Crippen LogP contribution in [-0.2, 0) is 34.4 Å². The quantitative estimate of drug-likeness (QED) is 0.342. The van der Waals surface area contributed by atoms with E-state index in [9.17, 15) is 35.5 Å². The zero-order chi connectivity index (χ0) is 29.0. The molecule has 3 N–H and O–H groups in total. The highest BCUT2D eigenvalue weighted by Crippen LogP contribution is 2.41. The number of aromatic hydroxyl groups is 1. The number of anilines is 1. The molecule has 0 bridgehead atoms. The number of halogens is 5. The van der Waals surface area contributed by atoms with Gasteiger partial charge in [-0.1, -0.05) is 12.1 Å². The maximum Gasteiger partial charge on any atom is 0.419 e. The van der Waals surface area contributed by atoms with Gasteiger partial charge in [-0.15, -0.1) is 0 Å². The van der Waals surface area contributed by atoms with Crippen molar-refractivity contribution in [2.45, 2.75) is 23.6 Å². The molecule has 16 heteroatoms. The van der Waals surface area contributed by atoms with Crippen molar-refractivity contribution in [3.05, 3.63) is 59.3 Å². The fourth-order valence-electron chi connectivity index (χ4n) is 4.48. The van der Waals surface area contributed by atoms with E-state index in [-0.39, 0.29) is 39.7 Å². The molecule has 40 heavy (non-hydrogen) atoms. The van der Waals surface area contributed by atoms with Gasteiger partial charge in [0.2, 0.25) is 16.0 Å². The molecule has 5 rings (SSSR count). The Morgan fingerprint density at radius 1 is 1.18 bits per heavy atom. The highest BCUT2D eigenvalue weighted by atomic mass is 32.2. The fourth-order valence-corrected chi connectivity index (χ4v) is 5.00. The Bertz CT molecular complexity index is 1710. The Hall–Kier alpha value is -3.89. The molecule has 4 aromatic rings. The molecule has 212 valence electrons. The van der Waals surface area contributed by atoms with Crippen LogP contribution in [0.2, 0.25) is 0 Å². The first-order valence-corrected chi connectivity index (χ1v) is 13.2. The summed E-state index contributed by atoms with van der Waals surface area (Å²) in [4.78, 5) is 10.6. The number of nitrogens with two attached hydrogens (primary N) is 1. The van der Waals surface area contributed by atoms with Gasteiger partial charge in [0, 0.05) is 38.3 Å². The number of nitrogens with zero attached hydrogens (tertiary/aromatic N) is 5. The summed E-state index contributed by atoms with van der Waals surface area (Å²) >= 11 is 0. The van der Waals surface area contributed by atoms with Crippen LogP contribution in [0.25, 0.3) is 22.3 Å². The summed E-state index contributed by atoms with van der Waals surface area (Å²) in [6, 6.07) is 6.34. The predicted molar refractivity (Wildman–Crippen MR) is 132 cm³/mol. The summed E-state index contributed by atoms with van der Waals surface area (Å²) in [5.74, 6) is -5.21. The van der Waals surface area contributed by atoms with Gasteiger partial charge >= 0.3 is 6.18 Å². The molecule has 2 aromatic carbocycles. The highest BCUT2D eigenvalue weighted by molar-refractivity contribution is 7.89. The number of hydrogen-bond acceptors (Lipinski definition) is 8. The Morgan fingerprint density at radius 3 is 2.52 bits per heavy atom. The van der Waals surface area contributed by atoms with Crippen molar-refractivity contribution in [1.29, 1.82) is 0 Å². The lowest BCUT2D eigenvalue weighted by molar-refractivity contribution is -0.140. The van der Waals surface area contributed by atoms with Crippen molar-refractivity contribution >= 4 is 27.0 Å². The fraction of sp³-hybridized carbons (Fsp3) is 0.292. The topological polar surface area (TPSA) is 136 Å². The molecule has 0 spiro atoms. The molecule has 1 saturated heterocycles. The van der Waals surface area contributed by atoms with E-state index in [4.69, 9.17) is 9.88 Å².